The second-order valence-corrected chi connectivity index (χ2v) is 8.38. The number of nitrogens with one attached hydrogen (secondary N) is 1. The van der Waals surface area contributed by atoms with Crippen molar-refractivity contribution in [3.8, 4) is 5.69 Å². The number of benzene rings is 2. The molecule has 0 aliphatic carbocycles. The topological polar surface area (TPSA) is 64.0 Å². The van der Waals surface area contributed by atoms with Crippen LogP contribution in [0.4, 0.5) is 10.1 Å². The minimum absolute atomic E-state index is 0.124. The zero-order valence-corrected chi connectivity index (χ0v) is 16.8. The van der Waals surface area contributed by atoms with Gasteiger partial charge >= 0.3 is 0 Å². The number of aromatic nitrogens is 1. The number of anilines is 1. The number of rotatable bonds is 4. The molecule has 0 atom stereocenters. The maximum atomic E-state index is 14.0. The van der Waals surface area contributed by atoms with E-state index in [0.717, 1.165) is 16.6 Å². The molecular formula is C23H26FN3O. The van der Waals surface area contributed by atoms with Gasteiger partial charge in [0.05, 0.1) is 24.1 Å². The normalized spacial score (nSPS) is 15.8. The van der Waals surface area contributed by atoms with E-state index >= 15 is 0 Å². The summed E-state index contributed by atoms with van der Waals surface area (Å²) in [6, 6.07) is 9.16. The van der Waals surface area contributed by atoms with E-state index in [-0.39, 0.29) is 17.2 Å². The molecule has 0 bridgehead atoms. The Kier molecular flexibility index (Phi) is 4.31. The molecule has 0 radical (unpaired) electrons. The molecule has 146 valence electrons. The summed E-state index contributed by atoms with van der Waals surface area (Å²) in [5, 5.41) is 8.81. The highest BCUT2D eigenvalue weighted by Crippen LogP contribution is 2.44. The predicted octanol–water partition coefficient (Wildman–Crippen LogP) is 5.07. The van der Waals surface area contributed by atoms with E-state index in [1.165, 1.54) is 23.5 Å². The first-order valence-electron chi connectivity index (χ1n) is 9.60. The third kappa shape index (κ3) is 2.65. The van der Waals surface area contributed by atoms with Crippen LogP contribution in [-0.2, 0) is 10.2 Å². The van der Waals surface area contributed by atoms with Crippen LogP contribution in [0.3, 0.4) is 0 Å². The van der Waals surface area contributed by atoms with Gasteiger partial charge in [-0.3, -0.25) is 0 Å². The quantitative estimate of drug-likeness (QED) is 0.491. The fourth-order valence-corrected chi connectivity index (χ4v) is 4.28. The van der Waals surface area contributed by atoms with E-state index in [1.54, 1.807) is 6.92 Å². The van der Waals surface area contributed by atoms with Crippen LogP contribution in [0.5, 0.6) is 0 Å². The standard InChI is InChI=1S/C23H26FN3O/c1-13(2)21-17-9-19(26)15(10-25)8-20(17)27(22(21)23(4)11-28-12-23)16-5-6-18(24)14(3)7-16/h5-10,13,25H,11-12,26H2,1-4H3. The Morgan fingerprint density at radius 2 is 1.96 bits per heavy atom. The summed E-state index contributed by atoms with van der Waals surface area (Å²) >= 11 is 0. The molecule has 4 rings (SSSR count). The molecule has 1 saturated heterocycles. The van der Waals surface area contributed by atoms with Crippen molar-refractivity contribution in [1.29, 1.82) is 5.41 Å². The average Bonchev–Trinajstić information content (AvgIpc) is 2.95. The van der Waals surface area contributed by atoms with Gasteiger partial charge in [0, 0.05) is 34.2 Å². The van der Waals surface area contributed by atoms with Crippen molar-refractivity contribution < 1.29 is 9.13 Å². The highest BCUT2D eigenvalue weighted by atomic mass is 19.1. The Bertz CT molecular complexity index is 1090. The number of halogens is 1. The summed E-state index contributed by atoms with van der Waals surface area (Å²) in [7, 11) is 0. The first-order chi connectivity index (χ1) is 13.3. The lowest BCUT2D eigenvalue weighted by atomic mass is 9.80. The van der Waals surface area contributed by atoms with Crippen LogP contribution in [0.25, 0.3) is 16.6 Å². The van der Waals surface area contributed by atoms with Gasteiger partial charge in [-0.2, -0.15) is 0 Å². The van der Waals surface area contributed by atoms with E-state index in [0.29, 0.717) is 30.0 Å². The van der Waals surface area contributed by atoms with Gasteiger partial charge in [-0.15, -0.1) is 0 Å². The molecule has 0 unspecified atom stereocenters. The lowest BCUT2D eigenvalue weighted by Gasteiger charge is -2.40. The van der Waals surface area contributed by atoms with Gasteiger partial charge in [0.15, 0.2) is 0 Å². The molecule has 1 aromatic heterocycles. The molecule has 28 heavy (non-hydrogen) atoms. The first-order valence-corrected chi connectivity index (χ1v) is 9.60. The van der Waals surface area contributed by atoms with Crippen LogP contribution in [0, 0.1) is 18.2 Å². The zero-order valence-electron chi connectivity index (χ0n) is 16.8. The number of hydrogen-bond acceptors (Lipinski definition) is 3. The Hall–Kier alpha value is -2.66. The SMILES string of the molecule is Cc1cc(-n2c(C3(C)COC3)c(C(C)C)c3cc(N)c(C=N)cc32)ccc1F. The number of hydrogen-bond donors (Lipinski definition) is 2. The number of fused-ring (bicyclic) bond motifs is 1. The summed E-state index contributed by atoms with van der Waals surface area (Å²) in [5.74, 6) is 0.0661. The van der Waals surface area contributed by atoms with Crippen LogP contribution in [0.15, 0.2) is 30.3 Å². The molecule has 1 fully saturated rings. The van der Waals surface area contributed by atoms with Crippen molar-refractivity contribution in [3.63, 3.8) is 0 Å². The van der Waals surface area contributed by atoms with Gasteiger partial charge in [-0.05, 0) is 61.2 Å². The zero-order chi connectivity index (χ0) is 20.2. The molecule has 1 aliphatic rings. The van der Waals surface area contributed by atoms with Gasteiger partial charge < -0.3 is 20.4 Å². The fraction of sp³-hybridized carbons (Fsp3) is 0.348. The summed E-state index contributed by atoms with van der Waals surface area (Å²) < 4.78 is 21.8. The number of ether oxygens (including phenoxy) is 1. The first kappa shape index (κ1) is 18.7. The minimum atomic E-state index is -0.214. The Labute approximate surface area is 164 Å². The van der Waals surface area contributed by atoms with Gasteiger partial charge in [0.1, 0.15) is 5.82 Å². The molecule has 3 aromatic rings. The molecule has 4 nitrogen and oxygen atoms in total. The van der Waals surface area contributed by atoms with Crippen LogP contribution >= 0.6 is 0 Å². The average molecular weight is 379 g/mol. The Morgan fingerprint density at radius 1 is 1.25 bits per heavy atom. The van der Waals surface area contributed by atoms with Gasteiger partial charge in [-0.25, -0.2) is 4.39 Å². The third-order valence-corrected chi connectivity index (χ3v) is 5.76. The molecule has 1 aliphatic heterocycles. The molecule has 0 spiro atoms. The second-order valence-electron chi connectivity index (χ2n) is 8.38. The van der Waals surface area contributed by atoms with Crippen molar-refractivity contribution in [2.45, 2.75) is 39.0 Å². The van der Waals surface area contributed by atoms with E-state index in [9.17, 15) is 4.39 Å². The van der Waals surface area contributed by atoms with Crippen molar-refractivity contribution in [3.05, 3.63) is 58.5 Å². The molecule has 5 heteroatoms. The van der Waals surface area contributed by atoms with Gasteiger partial charge in [0.2, 0.25) is 0 Å². The monoisotopic (exact) mass is 379 g/mol. The van der Waals surface area contributed by atoms with Crippen molar-refractivity contribution in [2.75, 3.05) is 18.9 Å². The molecule has 0 saturated carbocycles. The molecule has 3 N–H and O–H groups in total. The van der Waals surface area contributed by atoms with Crippen molar-refractivity contribution >= 4 is 22.8 Å². The Morgan fingerprint density at radius 3 is 2.50 bits per heavy atom. The third-order valence-electron chi connectivity index (χ3n) is 5.76. The second kappa shape index (κ2) is 6.45. The van der Waals surface area contributed by atoms with E-state index in [1.807, 2.05) is 24.3 Å². The molecule has 0 amide bonds. The minimum Gasteiger partial charge on any atom is -0.398 e. The Balaban J connectivity index is 2.17. The highest BCUT2D eigenvalue weighted by Gasteiger charge is 2.41. The van der Waals surface area contributed by atoms with E-state index in [2.05, 4.69) is 25.3 Å². The predicted molar refractivity (Wildman–Crippen MR) is 113 cm³/mol. The van der Waals surface area contributed by atoms with Crippen LogP contribution in [0.2, 0.25) is 0 Å². The largest absolute Gasteiger partial charge is 0.398 e. The summed E-state index contributed by atoms with van der Waals surface area (Å²) in [4.78, 5) is 0. The summed E-state index contributed by atoms with van der Waals surface area (Å²) in [5.41, 5.74) is 12.3. The maximum absolute atomic E-state index is 14.0. The molecule has 2 heterocycles. The van der Waals surface area contributed by atoms with E-state index < -0.39 is 0 Å². The lowest BCUT2D eigenvalue weighted by molar-refractivity contribution is -0.0531. The van der Waals surface area contributed by atoms with Gasteiger partial charge in [-0.1, -0.05) is 13.8 Å². The van der Waals surface area contributed by atoms with Gasteiger partial charge in [0.25, 0.3) is 0 Å². The molecular weight excluding hydrogens is 353 g/mol. The van der Waals surface area contributed by atoms with Crippen LogP contribution in [-0.4, -0.2) is 24.0 Å². The van der Waals surface area contributed by atoms with E-state index in [4.69, 9.17) is 15.9 Å². The number of nitrogens with zero attached hydrogens (tertiary/aromatic N) is 1. The highest BCUT2D eigenvalue weighted by molar-refractivity contribution is 5.98. The number of aryl methyl sites for hydroxylation is 1. The van der Waals surface area contributed by atoms with Crippen LogP contribution in [0.1, 0.15) is 49.1 Å². The summed E-state index contributed by atoms with van der Waals surface area (Å²) in [6.07, 6.45) is 1.28. The lowest BCUT2D eigenvalue weighted by Crippen LogP contribution is -2.46. The number of nitrogen functional groups attached to an aromatic ring is 1. The number of nitrogens with two attached hydrogens (primary N) is 1. The van der Waals surface area contributed by atoms with Crippen molar-refractivity contribution in [2.24, 2.45) is 0 Å². The fourth-order valence-electron chi connectivity index (χ4n) is 4.28. The molecule has 2 aromatic carbocycles. The summed E-state index contributed by atoms with van der Waals surface area (Å²) in [6.45, 7) is 9.66. The maximum Gasteiger partial charge on any atom is 0.126 e. The van der Waals surface area contributed by atoms with Crippen LogP contribution < -0.4 is 5.73 Å². The smallest absolute Gasteiger partial charge is 0.126 e. The van der Waals surface area contributed by atoms with Crippen molar-refractivity contribution in [1.82, 2.24) is 4.57 Å².